The van der Waals surface area contributed by atoms with Crippen molar-refractivity contribution in [2.75, 3.05) is 22.1 Å². The Bertz CT molecular complexity index is 771. The minimum absolute atomic E-state index is 0.204. The molecule has 1 heterocycles. The molecule has 1 saturated heterocycles. The summed E-state index contributed by atoms with van der Waals surface area (Å²) in [6, 6.07) is 14.0. The average Bonchev–Trinajstić information content (AvgIpc) is 2.96. The van der Waals surface area contributed by atoms with Gasteiger partial charge in [-0.2, -0.15) is 0 Å². The quantitative estimate of drug-likeness (QED) is 0.821. The molecular weight excluding hydrogens is 318 g/mol. The van der Waals surface area contributed by atoms with Gasteiger partial charge in [0.25, 0.3) is 0 Å². The molecule has 124 valence electrons. The smallest absolute Gasteiger partial charge is 0.227 e. The number of hydrogen-bond acceptors (Lipinski definition) is 2. The number of nitrogens with zero attached hydrogens (tertiary/aromatic N) is 1. The van der Waals surface area contributed by atoms with Crippen LogP contribution in [0.4, 0.5) is 17.1 Å². The van der Waals surface area contributed by atoms with Crippen LogP contribution in [0.2, 0.25) is 0 Å². The van der Waals surface area contributed by atoms with Gasteiger partial charge >= 0.3 is 0 Å². The molecule has 0 aromatic heterocycles. The van der Waals surface area contributed by atoms with Crippen molar-refractivity contribution < 1.29 is 4.79 Å². The van der Waals surface area contributed by atoms with E-state index in [0.717, 1.165) is 35.6 Å². The minimum Gasteiger partial charge on any atom is -0.332 e. The van der Waals surface area contributed by atoms with E-state index in [4.69, 9.17) is 12.2 Å². The molecule has 3 rings (SSSR count). The third kappa shape index (κ3) is 3.74. The Kier molecular flexibility index (Phi) is 4.81. The third-order valence-corrected chi connectivity index (χ3v) is 4.33. The van der Waals surface area contributed by atoms with Crippen molar-refractivity contribution in [3.8, 4) is 0 Å². The van der Waals surface area contributed by atoms with Gasteiger partial charge in [0.1, 0.15) is 0 Å². The van der Waals surface area contributed by atoms with Crippen LogP contribution in [0.3, 0.4) is 0 Å². The van der Waals surface area contributed by atoms with Gasteiger partial charge in [-0.25, -0.2) is 0 Å². The maximum Gasteiger partial charge on any atom is 0.227 e. The maximum atomic E-state index is 11.9. The Morgan fingerprint density at radius 3 is 2.33 bits per heavy atom. The molecule has 24 heavy (non-hydrogen) atoms. The number of benzene rings is 2. The summed E-state index contributed by atoms with van der Waals surface area (Å²) in [6.45, 7) is 4.87. The van der Waals surface area contributed by atoms with Crippen LogP contribution in [0.1, 0.15) is 24.0 Å². The van der Waals surface area contributed by atoms with Gasteiger partial charge in [0.2, 0.25) is 5.91 Å². The molecule has 1 fully saturated rings. The Labute approximate surface area is 147 Å². The van der Waals surface area contributed by atoms with Crippen molar-refractivity contribution in [2.24, 2.45) is 0 Å². The molecule has 4 nitrogen and oxygen atoms in total. The molecule has 0 radical (unpaired) electrons. The molecule has 2 aromatic carbocycles. The molecule has 2 aromatic rings. The Hall–Kier alpha value is -2.40. The first-order chi connectivity index (χ1) is 11.5. The summed E-state index contributed by atoms with van der Waals surface area (Å²) in [7, 11) is 0. The number of carbonyl (C=O) groups excluding carboxylic acids is 1. The van der Waals surface area contributed by atoms with Crippen molar-refractivity contribution in [1.29, 1.82) is 0 Å². The largest absolute Gasteiger partial charge is 0.332 e. The zero-order valence-electron chi connectivity index (χ0n) is 13.9. The molecule has 1 aliphatic heterocycles. The first-order valence-electron chi connectivity index (χ1n) is 8.08. The van der Waals surface area contributed by atoms with Gasteiger partial charge in [0, 0.05) is 30.0 Å². The van der Waals surface area contributed by atoms with Gasteiger partial charge < -0.3 is 15.5 Å². The fraction of sp³-hybridized carbons (Fsp3) is 0.263. The van der Waals surface area contributed by atoms with E-state index in [1.807, 2.05) is 54.3 Å². The number of aryl methyl sites for hydroxylation is 2. The van der Waals surface area contributed by atoms with Gasteiger partial charge in [-0.1, -0.05) is 17.7 Å². The molecule has 2 N–H and O–H groups in total. The number of nitrogens with one attached hydrogen (secondary N) is 2. The fourth-order valence-electron chi connectivity index (χ4n) is 2.87. The lowest BCUT2D eigenvalue weighted by Gasteiger charge is -2.19. The van der Waals surface area contributed by atoms with Crippen LogP contribution in [0.5, 0.6) is 0 Å². The van der Waals surface area contributed by atoms with Crippen LogP contribution < -0.4 is 15.5 Å². The normalized spacial score (nSPS) is 13.9. The van der Waals surface area contributed by atoms with Gasteiger partial charge in [-0.3, -0.25) is 4.79 Å². The second-order valence-electron chi connectivity index (χ2n) is 6.10. The van der Waals surface area contributed by atoms with Crippen LogP contribution in [0, 0.1) is 13.8 Å². The van der Waals surface area contributed by atoms with Crippen molar-refractivity contribution in [2.45, 2.75) is 26.7 Å². The number of anilines is 3. The minimum atomic E-state index is 0.204. The molecule has 0 unspecified atom stereocenters. The van der Waals surface area contributed by atoms with Gasteiger partial charge in [0.05, 0.1) is 0 Å². The average molecular weight is 339 g/mol. The molecular formula is C19H21N3OS. The van der Waals surface area contributed by atoms with E-state index in [9.17, 15) is 4.79 Å². The highest BCUT2D eigenvalue weighted by Gasteiger charge is 2.22. The standard InChI is InChI=1S/C19H21N3OS/c1-13-5-7-15(8-6-13)20-19(24)21-16-9-10-17(14(2)12-16)22-11-3-4-18(22)23/h5-10,12H,3-4,11H2,1-2H3,(H2,20,21,24). The lowest BCUT2D eigenvalue weighted by Crippen LogP contribution is -2.24. The molecule has 0 aliphatic carbocycles. The van der Waals surface area contributed by atoms with Crippen LogP contribution in [-0.2, 0) is 4.79 Å². The van der Waals surface area contributed by atoms with Crippen molar-refractivity contribution >= 4 is 40.3 Å². The second kappa shape index (κ2) is 7.01. The number of rotatable bonds is 3. The van der Waals surface area contributed by atoms with Crippen molar-refractivity contribution in [3.63, 3.8) is 0 Å². The number of thiocarbonyl (C=S) groups is 1. The highest BCUT2D eigenvalue weighted by atomic mass is 32.1. The number of carbonyl (C=O) groups is 1. The predicted molar refractivity (Wildman–Crippen MR) is 104 cm³/mol. The van der Waals surface area contributed by atoms with Crippen LogP contribution >= 0.6 is 12.2 Å². The Morgan fingerprint density at radius 1 is 1.04 bits per heavy atom. The van der Waals surface area contributed by atoms with Crippen molar-refractivity contribution in [1.82, 2.24) is 0 Å². The van der Waals surface area contributed by atoms with Crippen LogP contribution in [-0.4, -0.2) is 17.6 Å². The first-order valence-corrected chi connectivity index (χ1v) is 8.49. The molecule has 0 saturated carbocycles. The highest BCUT2D eigenvalue weighted by molar-refractivity contribution is 7.80. The monoisotopic (exact) mass is 339 g/mol. The highest BCUT2D eigenvalue weighted by Crippen LogP contribution is 2.27. The summed E-state index contributed by atoms with van der Waals surface area (Å²) in [4.78, 5) is 13.8. The summed E-state index contributed by atoms with van der Waals surface area (Å²) in [5.74, 6) is 0.204. The van der Waals surface area contributed by atoms with Crippen LogP contribution in [0.15, 0.2) is 42.5 Å². The van der Waals surface area contributed by atoms with Gasteiger partial charge in [-0.15, -0.1) is 0 Å². The molecule has 0 spiro atoms. The Balaban J connectivity index is 1.67. The van der Waals surface area contributed by atoms with Gasteiger partial charge in [0.15, 0.2) is 5.11 Å². The molecule has 1 aliphatic rings. The topological polar surface area (TPSA) is 44.4 Å². The summed E-state index contributed by atoms with van der Waals surface area (Å²) >= 11 is 5.37. The number of hydrogen-bond donors (Lipinski definition) is 2. The van der Waals surface area contributed by atoms with E-state index in [0.29, 0.717) is 11.5 Å². The lowest BCUT2D eigenvalue weighted by atomic mass is 10.1. The van der Waals surface area contributed by atoms with E-state index < -0.39 is 0 Å². The van der Waals surface area contributed by atoms with E-state index in [2.05, 4.69) is 17.6 Å². The van der Waals surface area contributed by atoms with E-state index in [-0.39, 0.29) is 5.91 Å². The molecule has 5 heteroatoms. The number of amides is 1. The van der Waals surface area contributed by atoms with Crippen LogP contribution in [0.25, 0.3) is 0 Å². The molecule has 1 amide bonds. The summed E-state index contributed by atoms with van der Waals surface area (Å²) in [5, 5.41) is 6.91. The SMILES string of the molecule is Cc1ccc(NC(=S)Nc2ccc(N3CCCC3=O)c(C)c2)cc1. The van der Waals surface area contributed by atoms with E-state index in [1.165, 1.54) is 5.56 Å². The zero-order chi connectivity index (χ0) is 17.1. The summed E-state index contributed by atoms with van der Waals surface area (Å²) in [6.07, 6.45) is 1.58. The van der Waals surface area contributed by atoms with E-state index in [1.54, 1.807) is 0 Å². The maximum absolute atomic E-state index is 11.9. The van der Waals surface area contributed by atoms with Crippen molar-refractivity contribution in [3.05, 3.63) is 53.6 Å². The first kappa shape index (κ1) is 16.5. The summed E-state index contributed by atoms with van der Waals surface area (Å²) < 4.78 is 0. The molecule has 0 bridgehead atoms. The third-order valence-electron chi connectivity index (χ3n) is 4.13. The lowest BCUT2D eigenvalue weighted by molar-refractivity contribution is -0.117. The predicted octanol–water partition coefficient (Wildman–Crippen LogP) is 4.24. The fourth-order valence-corrected chi connectivity index (χ4v) is 3.10. The second-order valence-corrected chi connectivity index (χ2v) is 6.50. The van der Waals surface area contributed by atoms with E-state index >= 15 is 0 Å². The Morgan fingerprint density at radius 2 is 1.71 bits per heavy atom. The van der Waals surface area contributed by atoms with Gasteiger partial charge in [-0.05, 0) is 68.4 Å². The molecule has 0 atom stereocenters. The zero-order valence-corrected chi connectivity index (χ0v) is 14.7. The summed E-state index contributed by atoms with van der Waals surface area (Å²) in [5.41, 5.74) is 5.12.